The molecule has 1 N–H and O–H groups in total. The third-order valence-electron chi connectivity index (χ3n) is 4.46. The molecule has 1 heterocycles. The Bertz CT molecular complexity index is 442. The lowest BCUT2D eigenvalue weighted by atomic mass is 9.74. The van der Waals surface area contributed by atoms with Gasteiger partial charge in [-0.05, 0) is 37.8 Å². The van der Waals surface area contributed by atoms with Crippen molar-refractivity contribution in [1.82, 2.24) is 15.1 Å². The highest BCUT2D eigenvalue weighted by molar-refractivity contribution is 5.10. The van der Waals surface area contributed by atoms with Crippen molar-refractivity contribution in [1.29, 1.82) is 0 Å². The molecular formula is C15H24F3N3. The van der Waals surface area contributed by atoms with Crippen LogP contribution in [-0.2, 0) is 7.05 Å². The third kappa shape index (κ3) is 3.78. The number of aryl methyl sites for hydroxylation is 1. The highest BCUT2D eigenvalue weighted by Crippen LogP contribution is 2.46. The molecule has 0 aromatic carbocycles. The normalized spacial score (nSPS) is 25.0. The van der Waals surface area contributed by atoms with Crippen molar-refractivity contribution >= 4 is 0 Å². The van der Waals surface area contributed by atoms with Gasteiger partial charge in [-0.3, -0.25) is 4.68 Å². The number of halogens is 3. The van der Waals surface area contributed by atoms with Gasteiger partial charge >= 0.3 is 6.18 Å². The molecule has 21 heavy (non-hydrogen) atoms. The van der Waals surface area contributed by atoms with Crippen LogP contribution in [0.2, 0.25) is 0 Å². The van der Waals surface area contributed by atoms with E-state index in [9.17, 15) is 13.2 Å². The molecule has 1 aromatic rings. The quantitative estimate of drug-likeness (QED) is 0.896. The van der Waals surface area contributed by atoms with Gasteiger partial charge in [-0.2, -0.15) is 18.3 Å². The van der Waals surface area contributed by atoms with Crippen molar-refractivity contribution in [2.45, 2.75) is 51.2 Å². The Morgan fingerprint density at radius 1 is 1.38 bits per heavy atom. The van der Waals surface area contributed by atoms with Crippen molar-refractivity contribution in [3.8, 4) is 0 Å². The molecule has 1 aliphatic carbocycles. The lowest BCUT2D eigenvalue weighted by molar-refractivity contribution is -0.199. The summed E-state index contributed by atoms with van der Waals surface area (Å²) < 4.78 is 41.8. The van der Waals surface area contributed by atoms with Crippen LogP contribution in [0.1, 0.15) is 50.8 Å². The van der Waals surface area contributed by atoms with Gasteiger partial charge in [-0.1, -0.05) is 19.8 Å². The molecule has 1 aromatic heterocycles. The Balaban J connectivity index is 2.27. The van der Waals surface area contributed by atoms with E-state index >= 15 is 0 Å². The molecule has 0 radical (unpaired) electrons. The fourth-order valence-electron chi connectivity index (χ4n) is 3.43. The first-order valence-electron chi connectivity index (χ1n) is 7.73. The van der Waals surface area contributed by atoms with Crippen molar-refractivity contribution in [3.63, 3.8) is 0 Å². The van der Waals surface area contributed by atoms with Gasteiger partial charge in [0.2, 0.25) is 0 Å². The second-order valence-electron chi connectivity index (χ2n) is 5.91. The summed E-state index contributed by atoms with van der Waals surface area (Å²) >= 11 is 0. The van der Waals surface area contributed by atoms with Crippen molar-refractivity contribution < 1.29 is 13.2 Å². The van der Waals surface area contributed by atoms with Gasteiger partial charge in [0.1, 0.15) is 0 Å². The summed E-state index contributed by atoms with van der Waals surface area (Å²) in [6, 6.07) is 1.56. The zero-order valence-corrected chi connectivity index (χ0v) is 12.7. The summed E-state index contributed by atoms with van der Waals surface area (Å²) in [7, 11) is 1.79. The smallest absolute Gasteiger partial charge is 0.308 e. The first-order chi connectivity index (χ1) is 9.95. The van der Waals surface area contributed by atoms with Gasteiger partial charge in [0.05, 0.1) is 17.7 Å². The highest BCUT2D eigenvalue weighted by Gasteiger charge is 2.48. The fourth-order valence-corrected chi connectivity index (χ4v) is 3.43. The maximum atomic E-state index is 13.4. The number of nitrogens with one attached hydrogen (secondary N) is 1. The highest BCUT2D eigenvalue weighted by atomic mass is 19.4. The molecule has 3 nitrogen and oxygen atoms in total. The van der Waals surface area contributed by atoms with Crippen LogP contribution in [0.25, 0.3) is 0 Å². The van der Waals surface area contributed by atoms with Crippen LogP contribution in [0.15, 0.2) is 12.3 Å². The van der Waals surface area contributed by atoms with E-state index in [0.717, 1.165) is 25.1 Å². The van der Waals surface area contributed by atoms with Crippen LogP contribution in [0.4, 0.5) is 13.2 Å². The number of hydrogen-bond donors (Lipinski definition) is 1. The number of alkyl halides is 3. The van der Waals surface area contributed by atoms with Crippen LogP contribution in [0, 0.1) is 11.8 Å². The summed E-state index contributed by atoms with van der Waals surface area (Å²) in [5, 5.41) is 7.45. The van der Waals surface area contributed by atoms with Gasteiger partial charge in [0, 0.05) is 13.2 Å². The van der Waals surface area contributed by atoms with Gasteiger partial charge in [0.15, 0.2) is 0 Å². The minimum absolute atomic E-state index is 0.246. The minimum atomic E-state index is -4.12. The van der Waals surface area contributed by atoms with Gasteiger partial charge in [-0.25, -0.2) is 0 Å². The molecule has 0 bridgehead atoms. The lowest BCUT2D eigenvalue weighted by Gasteiger charge is -2.38. The van der Waals surface area contributed by atoms with Gasteiger partial charge in [0.25, 0.3) is 0 Å². The maximum absolute atomic E-state index is 13.4. The minimum Gasteiger partial charge on any atom is -0.308 e. The molecule has 3 atom stereocenters. The Hall–Kier alpha value is -1.04. The lowest BCUT2D eigenvalue weighted by Crippen LogP contribution is -2.41. The molecule has 0 amide bonds. The number of hydrogen-bond acceptors (Lipinski definition) is 2. The summed E-state index contributed by atoms with van der Waals surface area (Å²) in [5.74, 6) is -1.61. The van der Waals surface area contributed by atoms with Crippen LogP contribution < -0.4 is 5.32 Å². The van der Waals surface area contributed by atoms with E-state index in [1.54, 1.807) is 17.9 Å². The average Bonchev–Trinajstić information content (AvgIpc) is 2.85. The number of nitrogens with zero attached hydrogens (tertiary/aromatic N) is 2. The molecule has 2 rings (SSSR count). The summed E-state index contributed by atoms with van der Waals surface area (Å²) in [6.07, 6.45) is 0.855. The topological polar surface area (TPSA) is 29.9 Å². The monoisotopic (exact) mass is 303 g/mol. The number of rotatable bonds is 5. The largest absolute Gasteiger partial charge is 0.392 e. The van der Waals surface area contributed by atoms with Gasteiger partial charge in [-0.15, -0.1) is 0 Å². The standard InChI is InChI=1S/C15H24F3N3/c1-3-9-19-14(13-8-10-20-21(13)2)11-6-4-5-7-12(11)15(16,17)18/h8,10-12,14,19H,3-7,9H2,1-2H3. The van der Waals surface area contributed by atoms with Crippen molar-refractivity contribution in [3.05, 3.63) is 18.0 Å². The first-order valence-corrected chi connectivity index (χ1v) is 7.73. The molecule has 1 saturated carbocycles. The predicted molar refractivity (Wildman–Crippen MR) is 75.7 cm³/mol. The molecule has 1 fully saturated rings. The third-order valence-corrected chi connectivity index (χ3v) is 4.46. The molecule has 1 aliphatic rings. The summed E-state index contributed by atoms with van der Waals surface area (Å²) in [4.78, 5) is 0. The Kier molecular flexibility index (Phi) is 5.30. The zero-order chi connectivity index (χ0) is 15.5. The van der Waals surface area contributed by atoms with Gasteiger partial charge < -0.3 is 5.32 Å². The van der Waals surface area contributed by atoms with Crippen molar-refractivity contribution in [2.24, 2.45) is 18.9 Å². The average molecular weight is 303 g/mol. The number of aromatic nitrogens is 2. The van der Waals surface area contributed by atoms with Crippen LogP contribution in [-0.4, -0.2) is 22.5 Å². The molecule has 6 heteroatoms. The second kappa shape index (κ2) is 6.81. The van der Waals surface area contributed by atoms with E-state index < -0.39 is 18.0 Å². The molecule has 0 spiro atoms. The molecule has 0 aliphatic heterocycles. The van der Waals surface area contributed by atoms with E-state index in [1.807, 2.05) is 13.0 Å². The summed E-state index contributed by atoms with van der Waals surface area (Å²) in [5.41, 5.74) is 0.851. The van der Waals surface area contributed by atoms with E-state index in [-0.39, 0.29) is 12.5 Å². The molecule has 3 unspecified atom stereocenters. The Morgan fingerprint density at radius 3 is 2.67 bits per heavy atom. The van der Waals surface area contributed by atoms with E-state index in [4.69, 9.17) is 0 Å². The van der Waals surface area contributed by atoms with Crippen LogP contribution in [0.3, 0.4) is 0 Å². The van der Waals surface area contributed by atoms with E-state index in [2.05, 4.69) is 10.4 Å². The Labute approximate surface area is 123 Å². The summed E-state index contributed by atoms with van der Waals surface area (Å²) in [6.45, 7) is 2.74. The van der Waals surface area contributed by atoms with Crippen LogP contribution >= 0.6 is 0 Å². The van der Waals surface area contributed by atoms with Crippen molar-refractivity contribution in [2.75, 3.05) is 6.54 Å². The van der Waals surface area contributed by atoms with E-state index in [1.165, 1.54) is 0 Å². The van der Waals surface area contributed by atoms with Crippen LogP contribution in [0.5, 0.6) is 0 Å². The molecule has 0 saturated heterocycles. The fraction of sp³-hybridized carbons (Fsp3) is 0.800. The second-order valence-corrected chi connectivity index (χ2v) is 5.91. The predicted octanol–water partition coefficient (Wildman–Crippen LogP) is 3.83. The maximum Gasteiger partial charge on any atom is 0.392 e. The van der Waals surface area contributed by atoms with E-state index in [0.29, 0.717) is 12.8 Å². The SMILES string of the molecule is CCCNC(c1ccnn1C)C1CCCCC1C(F)(F)F. The molecular weight excluding hydrogens is 279 g/mol. The zero-order valence-electron chi connectivity index (χ0n) is 12.7. The first kappa shape index (κ1) is 16.3. The Morgan fingerprint density at radius 2 is 2.10 bits per heavy atom. The molecule has 120 valence electrons.